The number of nitrogens with two attached hydrogens (primary N) is 1. The summed E-state index contributed by atoms with van der Waals surface area (Å²) in [6.45, 7) is 2.46. The monoisotopic (exact) mass is 745 g/mol. The van der Waals surface area contributed by atoms with E-state index in [0.29, 0.717) is 31.3 Å². The number of amides is 5. The van der Waals surface area contributed by atoms with Crippen LogP contribution in [0.4, 0.5) is 8.78 Å². The molecule has 2 aromatic carbocycles. The average Bonchev–Trinajstić information content (AvgIpc) is 3.72. The molecule has 0 saturated carbocycles. The summed E-state index contributed by atoms with van der Waals surface area (Å²) >= 11 is 0. The van der Waals surface area contributed by atoms with Crippen LogP contribution in [0.5, 0.6) is 0 Å². The molecule has 0 spiro atoms. The lowest BCUT2D eigenvalue weighted by molar-refractivity contribution is -0.189. The highest BCUT2D eigenvalue weighted by Crippen LogP contribution is 2.42. The standard InChI is InChI=1S/C34H42F2N7O8P/c1-19(20-6-4-3-5-7-20)38-30(45)25(11-13-29(37)44)40-32(47)28-12-9-23-14-15-42(2)18-27(33(48)43(23)28)41-31(46)26-17-21-16-22(8-10-24(21)39-26)34(35,36)51-52(49)50/h3-8,10,16-17,19,23,25,27-28,39,49-50H,9,11-15,18H2,1-2H3,(H2,37,44)(H,38,45)(H,40,47)(H,41,46)/t19-,23-,25+,27+,28+/m1/s1. The van der Waals surface area contributed by atoms with Gasteiger partial charge < -0.3 is 46.3 Å². The molecule has 5 atom stereocenters. The molecule has 0 radical (unpaired) electrons. The van der Waals surface area contributed by atoms with Crippen LogP contribution in [0.15, 0.2) is 54.6 Å². The maximum atomic E-state index is 14.3. The van der Waals surface area contributed by atoms with E-state index in [1.54, 1.807) is 14.0 Å². The summed E-state index contributed by atoms with van der Waals surface area (Å²) < 4.78 is 32.6. The van der Waals surface area contributed by atoms with Crippen molar-refractivity contribution >= 4 is 49.0 Å². The second-order valence-electron chi connectivity index (χ2n) is 13.1. The topological polar surface area (TPSA) is 219 Å². The number of benzene rings is 2. The maximum Gasteiger partial charge on any atom is 0.389 e. The van der Waals surface area contributed by atoms with E-state index >= 15 is 0 Å². The lowest BCUT2D eigenvalue weighted by Gasteiger charge is -2.38. The van der Waals surface area contributed by atoms with E-state index < -0.39 is 74.0 Å². The Morgan fingerprint density at radius 2 is 1.81 bits per heavy atom. The van der Waals surface area contributed by atoms with Crippen LogP contribution in [0.3, 0.4) is 0 Å². The Balaban J connectivity index is 1.31. The van der Waals surface area contributed by atoms with E-state index in [0.717, 1.165) is 17.7 Å². The molecule has 8 N–H and O–H groups in total. The highest BCUT2D eigenvalue weighted by atomic mass is 31.2. The molecule has 2 aliphatic rings. The van der Waals surface area contributed by atoms with Gasteiger partial charge in [0.15, 0.2) is 0 Å². The van der Waals surface area contributed by atoms with E-state index in [-0.39, 0.29) is 36.5 Å². The molecule has 1 aromatic heterocycles. The van der Waals surface area contributed by atoms with E-state index in [4.69, 9.17) is 15.5 Å². The summed E-state index contributed by atoms with van der Waals surface area (Å²) in [7, 11) is -1.54. The molecular formula is C34H42F2N7O8P. The fraction of sp³-hybridized carbons (Fsp3) is 0.441. The number of rotatable bonds is 13. The molecule has 5 rings (SSSR count). The second-order valence-corrected chi connectivity index (χ2v) is 13.8. The van der Waals surface area contributed by atoms with Crippen molar-refractivity contribution in [1.29, 1.82) is 0 Å². The molecule has 2 saturated heterocycles. The molecule has 280 valence electrons. The molecule has 2 aliphatic heterocycles. The number of H-pyrrole nitrogens is 1. The zero-order valence-electron chi connectivity index (χ0n) is 28.6. The van der Waals surface area contributed by atoms with Crippen molar-refractivity contribution in [3.8, 4) is 0 Å². The second kappa shape index (κ2) is 16.4. The number of nitrogens with one attached hydrogen (secondary N) is 4. The van der Waals surface area contributed by atoms with Gasteiger partial charge in [-0.2, -0.15) is 8.78 Å². The van der Waals surface area contributed by atoms with Crippen LogP contribution in [-0.4, -0.2) is 98.4 Å². The Kier molecular flexibility index (Phi) is 12.2. The highest BCUT2D eigenvalue weighted by Gasteiger charge is 2.45. The van der Waals surface area contributed by atoms with Gasteiger partial charge in [0.1, 0.15) is 23.8 Å². The van der Waals surface area contributed by atoms with Crippen molar-refractivity contribution in [1.82, 2.24) is 30.7 Å². The first-order valence-electron chi connectivity index (χ1n) is 16.8. The number of hydrogen-bond acceptors (Lipinski definition) is 9. The van der Waals surface area contributed by atoms with Crippen LogP contribution in [0, 0.1) is 0 Å². The first-order chi connectivity index (χ1) is 24.6. The molecule has 0 unspecified atom stereocenters. The van der Waals surface area contributed by atoms with Crippen molar-refractivity contribution in [2.24, 2.45) is 5.73 Å². The van der Waals surface area contributed by atoms with Crippen molar-refractivity contribution in [2.75, 3.05) is 20.1 Å². The van der Waals surface area contributed by atoms with E-state index in [2.05, 4.69) is 25.5 Å². The van der Waals surface area contributed by atoms with E-state index in [1.165, 1.54) is 17.0 Å². The van der Waals surface area contributed by atoms with Gasteiger partial charge >= 0.3 is 14.7 Å². The number of alkyl halides is 2. The number of carbonyl (C=O) groups excluding carboxylic acids is 5. The normalized spacial score (nSPS) is 20.9. The van der Waals surface area contributed by atoms with Crippen molar-refractivity contribution < 1.29 is 47.1 Å². The largest absolute Gasteiger partial charge is 0.389 e. The molecule has 0 bridgehead atoms. The van der Waals surface area contributed by atoms with Crippen molar-refractivity contribution in [3.05, 3.63) is 71.4 Å². The summed E-state index contributed by atoms with van der Waals surface area (Å²) in [5, 5.41) is 8.55. The lowest BCUT2D eigenvalue weighted by Crippen LogP contribution is -2.61. The number of hydrogen-bond donors (Lipinski definition) is 7. The number of nitrogens with zero attached hydrogens (tertiary/aromatic N) is 2. The predicted molar refractivity (Wildman–Crippen MR) is 185 cm³/mol. The van der Waals surface area contributed by atoms with E-state index in [1.807, 2.05) is 35.2 Å². The zero-order chi connectivity index (χ0) is 37.7. The minimum Gasteiger partial charge on any atom is -0.370 e. The fourth-order valence-corrected chi connectivity index (χ4v) is 7.00. The molecular weight excluding hydrogens is 703 g/mol. The van der Waals surface area contributed by atoms with Crippen molar-refractivity contribution in [3.63, 3.8) is 0 Å². The quantitative estimate of drug-likeness (QED) is 0.127. The summed E-state index contributed by atoms with van der Waals surface area (Å²) in [4.78, 5) is 90.5. The third-order valence-electron chi connectivity index (χ3n) is 9.37. The zero-order valence-corrected chi connectivity index (χ0v) is 29.4. The first kappa shape index (κ1) is 38.7. The van der Waals surface area contributed by atoms with Gasteiger partial charge in [0.05, 0.1) is 11.6 Å². The van der Waals surface area contributed by atoms with Gasteiger partial charge in [-0.15, -0.1) is 0 Å². The molecule has 52 heavy (non-hydrogen) atoms. The Bertz CT molecular complexity index is 1800. The molecule has 18 heteroatoms. The molecule has 3 aromatic rings. The average molecular weight is 746 g/mol. The molecule has 15 nitrogen and oxygen atoms in total. The Hall–Kier alpha value is -4.54. The van der Waals surface area contributed by atoms with Crippen LogP contribution in [0.2, 0.25) is 0 Å². The smallest absolute Gasteiger partial charge is 0.370 e. The van der Waals surface area contributed by atoms with Crippen LogP contribution >= 0.6 is 8.60 Å². The van der Waals surface area contributed by atoms with Gasteiger partial charge in [-0.05, 0) is 76.0 Å². The fourth-order valence-electron chi connectivity index (χ4n) is 6.68. The van der Waals surface area contributed by atoms with Crippen LogP contribution < -0.4 is 21.7 Å². The SMILES string of the molecule is C[C@@H](NC(=O)[C@H](CCC(N)=O)NC(=O)[C@@H]1CC[C@@H]2CCN(C)C[C@H](NC(=O)c3cc4cc(C(F)(F)OP(O)O)ccc4[nH]3)C(=O)N21)c1ccccc1. The Morgan fingerprint density at radius 3 is 2.50 bits per heavy atom. The summed E-state index contributed by atoms with van der Waals surface area (Å²) in [5.41, 5.74) is 5.84. The summed E-state index contributed by atoms with van der Waals surface area (Å²) in [6.07, 6.45) is -2.82. The van der Waals surface area contributed by atoms with Crippen LogP contribution in [-0.2, 0) is 29.8 Å². The third-order valence-corrected chi connectivity index (χ3v) is 9.76. The van der Waals surface area contributed by atoms with E-state index in [9.17, 15) is 32.8 Å². The molecule has 0 aliphatic carbocycles. The number of aromatic amines is 1. The third kappa shape index (κ3) is 9.27. The summed E-state index contributed by atoms with van der Waals surface area (Å²) in [6, 6.07) is 9.96. The lowest BCUT2D eigenvalue weighted by atomic mass is 10.1. The Morgan fingerprint density at radius 1 is 1.08 bits per heavy atom. The number of carbonyl (C=O) groups is 5. The molecule has 2 fully saturated rings. The Labute approximate surface area is 299 Å². The van der Waals surface area contributed by atoms with Gasteiger partial charge in [0.25, 0.3) is 5.91 Å². The van der Waals surface area contributed by atoms with Gasteiger partial charge in [0, 0.05) is 29.9 Å². The van der Waals surface area contributed by atoms with Crippen molar-refractivity contribution in [2.45, 2.75) is 75.3 Å². The van der Waals surface area contributed by atoms with Gasteiger partial charge in [0.2, 0.25) is 23.6 Å². The minimum atomic E-state index is -4.00. The van der Waals surface area contributed by atoms with Crippen LogP contribution in [0.25, 0.3) is 10.9 Å². The highest BCUT2D eigenvalue weighted by molar-refractivity contribution is 7.39. The number of aromatic nitrogens is 1. The number of fused-ring (bicyclic) bond motifs is 2. The predicted octanol–water partition coefficient (Wildman–Crippen LogP) is 1.87. The number of primary amides is 1. The molecule has 5 amide bonds. The van der Waals surface area contributed by atoms with Gasteiger partial charge in [-0.25, -0.2) is 4.52 Å². The summed E-state index contributed by atoms with van der Waals surface area (Å²) in [5.74, 6) is -2.93. The minimum absolute atomic E-state index is 0.0271. The molecule has 3 heterocycles. The van der Waals surface area contributed by atoms with Gasteiger partial charge in [-0.1, -0.05) is 30.3 Å². The van der Waals surface area contributed by atoms with Crippen LogP contribution in [0.1, 0.15) is 66.7 Å². The first-order valence-corrected chi connectivity index (χ1v) is 17.9. The number of halogens is 2. The van der Waals surface area contributed by atoms with Gasteiger partial charge in [-0.3, -0.25) is 24.0 Å². The maximum absolute atomic E-state index is 14.3. The number of likely N-dealkylation sites (N-methyl/N-ethyl adjacent to an activating group) is 1.